The predicted octanol–water partition coefficient (Wildman–Crippen LogP) is 5.81. The van der Waals surface area contributed by atoms with E-state index < -0.39 is 0 Å². The summed E-state index contributed by atoms with van der Waals surface area (Å²) in [7, 11) is 0. The molecule has 1 aromatic heterocycles. The molecule has 3 heterocycles. The van der Waals surface area contributed by atoms with Crippen LogP contribution in [0.4, 0.5) is 11.6 Å². The molecule has 1 aromatic carbocycles. The van der Waals surface area contributed by atoms with Gasteiger partial charge in [0.25, 0.3) is 0 Å². The van der Waals surface area contributed by atoms with Crippen molar-refractivity contribution in [3.05, 3.63) is 47.7 Å². The number of rotatable bonds is 5. The lowest BCUT2D eigenvalue weighted by molar-refractivity contribution is -0.119. The molecule has 2 fully saturated rings. The average molecular weight is 426 g/mol. The van der Waals surface area contributed by atoms with E-state index in [0.29, 0.717) is 11.1 Å². The summed E-state index contributed by atoms with van der Waals surface area (Å²) in [5.41, 5.74) is 2.14. The topological polar surface area (TPSA) is 57.8 Å². The number of amidine groups is 1. The van der Waals surface area contributed by atoms with Gasteiger partial charge in [0, 0.05) is 25.1 Å². The lowest BCUT2D eigenvalue weighted by atomic mass is 10.0. The van der Waals surface area contributed by atoms with Crippen LogP contribution in [0.1, 0.15) is 69.6 Å². The standard InChI is InChI=1S/C24H31N3O2S/c1-16(2)18-8-10-19(11-9-18)25-24-26-23(28)22(30-24)17(3)20-12-13-21(29-20)27-14-6-4-5-7-15-27/h8-13,16-17,22H,4-7,14-15H2,1-3H3,(H,25,26,28). The SMILES string of the molecule is CC(C)c1ccc(/N=C2\NC(=O)C(C(C)c3ccc(N4CCCCCC4)o3)S2)cc1. The minimum absolute atomic E-state index is 0.00206. The van der Waals surface area contributed by atoms with Crippen LogP contribution in [0.3, 0.4) is 0 Å². The van der Waals surface area contributed by atoms with E-state index in [0.717, 1.165) is 30.4 Å². The third-order valence-corrected chi connectivity index (χ3v) is 7.24. The Morgan fingerprint density at radius 1 is 1.03 bits per heavy atom. The highest BCUT2D eigenvalue weighted by molar-refractivity contribution is 8.15. The number of carbonyl (C=O) groups is 1. The number of carbonyl (C=O) groups excluding carboxylic acids is 1. The van der Waals surface area contributed by atoms with Gasteiger partial charge in [0.15, 0.2) is 11.1 Å². The third kappa shape index (κ3) is 4.75. The number of anilines is 1. The molecule has 2 atom stereocenters. The minimum atomic E-state index is -0.234. The summed E-state index contributed by atoms with van der Waals surface area (Å²) in [6, 6.07) is 12.3. The number of benzene rings is 1. The Hall–Kier alpha value is -2.21. The van der Waals surface area contributed by atoms with Crippen molar-refractivity contribution in [3.8, 4) is 0 Å². The highest BCUT2D eigenvalue weighted by Crippen LogP contribution is 2.36. The van der Waals surface area contributed by atoms with E-state index >= 15 is 0 Å². The van der Waals surface area contributed by atoms with Crippen molar-refractivity contribution in [1.82, 2.24) is 5.32 Å². The summed E-state index contributed by atoms with van der Waals surface area (Å²) in [5.74, 6) is 2.26. The number of hydrogen-bond acceptors (Lipinski definition) is 5. The number of nitrogens with zero attached hydrogens (tertiary/aromatic N) is 2. The molecule has 2 unspecified atom stereocenters. The van der Waals surface area contributed by atoms with Crippen molar-refractivity contribution < 1.29 is 9.21 Å². The van der Waals surface area contributed by atoms with Crippen molar-refractivity contribution in [3.63, 3.8) is 0 Å². The van der Waals surface area contributed by atoms with Crippen LogP contribution >= 0.6 is 11.8 Å². The first-order chi connectivity index (χ1) is 14.5. The molecule has 4 rings (SSSR count). The van der Waals surface area contributed by atoms with Crippen LogP contribution in [0.2, 0.25) is 0 Å². The van der Waals surface area contributed by atoms with Gasteiger partial charge in [0.2, 0.25) is 5.91 Å². The molecule has 30 heavy (non-hydrogen) atoms. The average Bonchev–Trinajstić information content (AvgIpc) is 3.26. The number of thioether (sulfide) groups is 1. The highest BCUT2D eigenvalue weighted by atomic mass is 32.2. The molecule has 160 valence electrons. The number of hydrogen-bond donors (Lipinski definition) is 1. The van der Waals surface area contributed by atoms with E-state index in [1.165, 1.54) is 43.0 Å². The van der Waals surface area contributed by atoms with E-state index in [2.05, 4.69) is 54.2 Å². The maximum Gasteiger partial charge on any atom is 0.240 e. The fraction of sp³-hybridized carbons (Fsp3) is 0.500. The molecule has 5 nitrogen and oxygen atoms in total. The highest BCUT2D eigenvalue weighted by Gasteiger charge is 2.37. The Labute approximate surface area is 183 Å². The Bertz CT molecular complexity index is 895. The lowest BCUT2D eigenvalue weighted by Gasteiger charge is -2.19. The molecule has 0 saturated carbocycles. The van der Waals surface area contributed by atoms with E-state index in [4.69, 9.17) is 4.42 Å². The summed E-state index contributed by atoms with van der Waals surface area (Å²) < 4.78 is 6.18. The second kappa shape index (κ2) is 9.29. The van der Waals surface area contributed by atoms with Crippen LogP contribution in [0, 0.1) is 0 Å². The predicted molar refractivity (Wildman–Crippen MR) is 125 cm³/mol. The van der Waals surface area contributed by atoms with Crippen molar-refractivity contribution in [1.29, 1.82) is 0 Å². The Morgan fingerprint density at radius 3 is 2.40 bits per heavy atom. The van der Waals surface area contributed by atoms with E-state index in [1.807, 2.05) is 18.2 Å². The largest absolute Gasteiger partial charge is 0.445 e. The molecular formula is C24H31N3O2S. The second-order valence-electron chi connectivity index (χ2n) is 8.56. The molecule has 0 spiro atoms. The normalized spacial score (nSPS) is 22.4. The van der Waals surface area contributed by atoms with Crippen LogP contribution in [-0.2, 0) is 4.79 Å². The zero-order chi connectivity index (χ0) is 21.1. The summed E-state index contributed by atoms with van der Waals surface area (Å²) in [6.07, 6.45) is 5.01. The molecule has 2 aromatic rings. The van der Waals surface area contributed by atoms with Crippen LogP contribution < -0.4 is 10.2 Å². The zero-order valence-corrected chi connectivity index (χ0v) is 18.9. The van der Waals surface area contributed by atoms with Gasteiger partial charge in [-0.25, -0.2) is 4.99 Å². The Balaban J connectivity index is 1.43. The fourth-order valence-electron chi connectivity index (χ4n) is 4.01. The third-order valence-electron chi connectivity index (χ3n) is 5.95. The molecule has 1 amide bonds. The monoisotopic (exact) mass is 425 g/mol. The van der Waals surface area contributed by atoms with Gasteiger partial charge in [-0.2, -0.15) is 0 Å². The first kappa shape index (κ1) is 21.0. The zero-order valence-electron chi connectivity index (χ0n) is 18.1. The van der Waals surface area contributed by atoms with Crippen molar-refractivity contribution in [2.45, 2.75) is 63.5 Å². The smallest absolute Gasteiger partial charge is 0.240 e. The Morgan fingerprint density at radius 2 is 1.73 bits per heavy atom. The van der Waals surface area contributed by atoms with E-state index in [9.17, 15) is 4.79 Å². The first-order valence-electron chi connectivity index (χ1n) is 11.0. The van der Waals surface area contributed by atoms with Crippen LogP contribution in [0.5, 0.6) is 0 Å². The van der Waals surface area contributed by atoms with Gasteiger partial charge in [-0.15, -0.1) is 0 Å². The van der Waals surface area contributed by atoms with Gasteiger partial charge in [-0.05, 0) is 42.5 Å². The molecule has 0 radical (unpaired) electrons. The molecule has 0 bridgehead atoms. The lowest BCUT2D eigenvalue weighted by Crippen LogP contribution is -2.27. The van der Waals surface area contributed by atoms with Gasteiger partial charge in [0.05, 0.1) is 5.69 Å². The van der Waals surface area contributed by atoms with Gasteiger partial charge in [-0.3, -0.25) is 4.79 Å². The molecule has 2 aliphatic heterocycles. The van der Waals surface area contributed by atoms with Crippen molar-refractivity contribution in [2.24, 2.45) is 4.99 Å². The molecule has 6 heteroatoms. The summed E-state index contributed by atoms with van der Waals surface area (Å²) in [6.45, 7) is 8.50. The number of amides is 1. The maximum absolute atomic E-state index is 12.6. The molecule has 2 saturated heterocycles. The Kier molecular flexibility index (Phi) is 6.52. The van der Waals surface area contributed by atoms with E-state index in [1.54, 1.807) is 0 Å². The van der Waals surface area contributed by atoms with Crippen LogP contribution in [0.25, 0.3) is 0 Å². The van der Waals surface area contributed by atoms with Gasteiger partial charge < -0.3 is 14.6 Å². The molecule has 0 aliphatic carbocycles. The quantitative estimate of drug-likeness (QED) is 0.657. The summed E-state index contributed by atoms with van der Waals surface area (Å²) in [5, 5.41) is 3.37. The summed E-state index contributed by atoms with van der Waals surface area (Å²) >= 11 is 1.49. The van der Waals surface area contributed by atoms with Crippen molar-refractivity contribution >= 4 is 34.4 Å². The van der Waals surface area contributed by atoms with Gasteiger partial charge in [0.1, 0.15) is 11.0 Å². The van der Waals surface area contributed by atoms with E-state index in [-0.39, 0.29) is 17.1 Å². The first-order valence-corrected chi connectivity index (χ1v) is 11.9. The molecule has 1 N–H and O–H groups in total. The summed E-state index contributed by atoms with van der Waals surface area (Å²) in [4.78, 5) is 19.6. The van der Waals surface area contributed by atoms with Gasteiger partial charge in [-0.1, -0.05) is 57.5 Å². The number of aliphatic imine (C=N–C) groups is 1. The van der Waals surface area contributed by atoms with Crippen molar-refractivity contribution in [2.75, 3.05) is 18.0 Å². The minimum Gasteiger partial charge on any atom is -0.445 e. The maximum atomic E-state index is 12.6. The number of furan rings is 1. The second-order valence-corrected chi connectivity index (χ2v) is 9.69. The van der Waals surface area contributed by atoms with Crippen LogP contribution in [-0.4, -0.2) is 29.4 Å². The molecule has 2 aliphatic rings. The van der Waals surface area contributed by atoms with Gasteiger partial charge >= 0.3 is 0 Å². The molecular weight excluding hydrogens is 394 g/mol. The van der Waals surface area contributed by atoms with Crippen LogP contribution in [0.15, 0.2) is 45.8 Å². The fourth-order valence-corrected chi connectivity index (χ4v) is 5.07. The number of nitrogens with one attached hydrogen (secondary N) is 1.